The molecule has 43 heavy (non-hydrogen) atoms. The summed E-state index contributed by atoms with van der Waals surface area (Å²) in [4.78, 5) is 5.20. The van der Waals surface area contributed by atoms with E-state index in [0.29, 0.717) is 5.88 Å². The molecule has 4 heterocycles. The Hall–Kier alpha value is -5.39. The molecule has 8 aromatic rings. The average Bonchev–Trinajstić information content (AvgIpc) is 3.74. The molecule has 0 bridgehead atoms. The number of nitrogens with zero attached hydrogens (tertiary/aromatic N) is 1. The van der Waals surface area contributed by atoms with E-state index in [1.54, 1.807) is 0 Å². The van der Waals surface area contributed by atoms with Crippen molar-refractivity contribution < 1.29 is 8.83 Å². The van der Waals surface area contributed by atoms with E-state index in [0.717, 1.165) is 55.4 Å². The molecule has 0 saturated carbocycles. The highest BCUT2D eigenvalue weighted by atomic mass is 32.1. The smallest absolute Gasteiger partial charge is 0.220 e. The summed E-state index contributed by atoms with van der Waals surface area (Å²) in [5.74, 6) is 0.705. The lowest BCUT2D eigenvalue weighted by molar-refractivity contribution is 0.625. The van der Waals surface area contributed by atoms with Crippen LogP contribution in [0.4, 0.5) is 11.6 Å². The molecule has 10 rings (SSSR count). The van der Waals surface area contributed by atoms with Gasteiger partial charge in [-0.3, -0.25) is 0 Å². The molecule has 5 heteroatoms. The van der Waals surface area contributed by atoms with Gasteiger partial charge in [0, 0.05) is 41.9 Å². The van der Waals surface area contributed by atoms with Crippen LogP contribution in [0.25, 0.3) is 69.8 Å². The summed E-state index contributed by atoms with van der Waals surface area (Å²) in [6.45, 7) is 0. The Morgan fingerprint density at radius 1 is 0.674 bits per heavy atom. The molecule has 0 radical (unpaired) electrons. The first-order valence-corrected chi connectivity index (χ1v) is 15.2. The molecular formula is C38H22N2O2S. The lowest BCUT2D eigenvalue weighted by atomic mass is 9.94. The minimum absolute atomic E-state index is 0.0396. The van der Waals surface area contributed by atoms with Crippen LogP contribution >= 0.6 is 11.3 Å². The Morgan fingerprint density at radius 2 is 1.47 bits per heavy atom. The number of hydrogen-bond acceptors (Lipinski definition) is 5. The average molecular weight is 571 g/mol. The predicted octanol–water partition coefficient (Wildman–Crippen LogP) is 10.9. The van der Waals surface area contributed by atoms with Gasteiger partial charge in [-0.25, -0.2) is 4.99 Å². The zero-order chi connectivity index (χ0) is 28.1. The van der Waals surface area contributed by atoms with E-state index < -0.39 is 0 Å². The third-order valence-corrected chi connectivity index (χ3v) is 9.93. The van der Waals surface area contributed by atoms with Crippen molar-refractivity contribution in [3.63, 3.8) is 0 Å². The molecule has 1 atom stereocenters. The van der Waals surface area contributed by atoms with Crippen molar-refractivity contribution in [3.05, 3.63) is 127 Å². The van der Waals surface area contributed by atoms with E-state index in [4.69, 9.17) is 13.8 Å². The van der Waals surface area contributed by atoms with Gasteiger partial charge >= 0.3 is 0 Å². The Bertz CT molecular complexity index is 2560. The standard InChI is InChI=1S/C38H22N2O2S/c1-3-13-32-25(7-1)27-11-5-9-23(36(27)41-32)21-16-18-33-29(19-21)35-38(42-33)40-30-17-15-22(20-31(30)39-35)24-10-6-12-28-26-8-2-4-14-34(26)43-37(24)28/h1-20,30,40H. The first-order chi connectivity index (χ1) is 21.3. The van der Waals surface area contributed by atoms with E-state index in [1.165, 1.54) is 31.3 Å². The molecule has 202 valence electrons. The summed E-state index contributed by atoms with van der Waals surface area (Å²) in [6, 6.07) is 36.0. The monoisotopic (exact) mass is 570 g/mol. The molecule has 1 aliphatic carbocycles. The fraction of sp³-hybridized carbons (Fsp3) is 0.0263. The molecule has 0 saturated heterocycles. The molecular weight excluding hydrogens is 548 g/mol. The second kappa shape index (κ2) is 8.57. The Balaban J connectivity index is 1.11. The van der Waals surface area contributed by atoms with Crippen molar-refractivity contribution in [2.75, 3.05) is 5.32 Å². The SMILES string of the molecule is C1=CC2Nc3oc4ccc(-c5cccc6c5oc5ccccc56)cc4c3N=C2C=C1c1cccc2c1sc1ccccc12. The van der Waals surface area contributed by atoms with E-state index >= 15 is 0 Å². The van der Waals surface area contributed by atoms with Crippen LogP contribution in [0.5, 0.6) is 0 Å². The number of thiophene rings is 1. The Kier molecular flexibility index (Phi) is 4.62. The predicted molar refractivity (Wildman–Crippen MR) is 180 cm³/mol. The summed E-state index contributed by atoms with van der Waals surface area (Å²) in [5, 5.41) is 9.42. The molecule has 3 aromatic heterocycles. The van der Waals surface area contributed by atoms with E-state index in [2.05, 4.69) is 108 Å². The van der Waals surface area contributed by atoms with Crippen LogP contribution in [0.15, 0.2) is 135 Å². The first kappa shape index (κ1) is 23.2. The fourth-order valence-electron chi connectivity index (χ4n) is 6.67. The van der Waals surface area contributed by atoms with Crippen molar-refractivity contribution >= 4 is 87.3 Å². The number of nitrogens with one attached hydrogen (secondary N) is 1. The van der Waals surface area contributed by atoms with Crippen molar-refractivity contribution in [3.8, 4) is 11.1 Å². The Morgan fingerprint density at radius 3 is 2.42 bits per heavy atom. The van der Waals surface area contributed by atoms with Crippen LogP contribution < -0.4 is 5.32 Å². The van der Waals surface area contributed by atoms with Crippen LogP contribution in [-0.4, -0.2) is 11.8 Å². The van der Waals surface area contributed by atoms with Gasteiger partial charge in [0.1, 0.15) is 22.4 Å². The number of fused-ring (bicyclic) bond motifs is 10. The minimum Gasteiger partial charge on any atom is -0.455 e. The number of benzene rings is 5. The summed E-state index contributed by atoms with van der Waals surface area (Å²) >= 11 is 1.85. The fourth-order valence-corrected chi connectivity index (χ4v) is 7.91. The third kappa shape index (κ3) is 3.34. The zero-order valence-electron chi connectivity index (χ0n) is 22.8. The second-order valence-corrected chi connectivity index (χ2v) is 12.2. The van der Waals surface area contributed by atoms with Gasteiger partial charge in [0.25, 0.3) is 0 Å². The maximum atomic E-state index is 6.34. The number of rotatable bonds is 2. The highest BCUT2D eigenvalue weighted by Gasteiger charge is 2.27. The summed E-state index contributed by atoms with van der Waals surface area (Å²) < 4.78 is 15.2. The number of para-hydroxylation sites is 2. The Labute approximate surface area is 249 Å². The van der Waals surface area contributed by atoms with Gasteiger partial charge in [-0.1, -0.05) is 91.0 Å². The molecule has 5 aromatic carbocycles. The van der Waals surface area contributed by atoms with Gasteiger partial charge in [-0.05, 0) is 47.0 Å². The van der Waals surface area contributed by atoms with Crippen molar-refractivity contribution in [1.82, 2.24) is 0 Å². The van der Waals surface area contributed by atoms with Crippen molar-refractivity contribution in [2.45, 2.75) is 6.04 Å². The highest BCUT2D eigenvalue weighted by molar-refractivity contribution is 7.26. The lowest BCUT2D eigenvalue weighted by Crippen LogP contribution is -2.30. The van der Waals surface area contributed by atoms with Gasteiger partial charge in [-0.15, -0.1) is 11.3 Å². The van der Waals surface area contributed by atoms with Gasteiger partial charge < -0.3 is 14.2 Å². The van der Waals surface area contributed by atoms with Gasteiger partial charge in [0.2, 0.25) is 5.88 Å². The number of aliphatic imine (C=N–C) groups is 1. The number of hydrogen-bond donors (Lipinski definition) is 1. The van der Waals surface area contributed by atoms with Crippen molar-refractivity contribution in [2.24, 2.45) is 4.99 Å². The topological polar surface area (TPSA) is 50.7 Å². The van der Waals surface area contributed by atoms with Crippen LogP contribution in [0.2, 0.25) is 0 Å². The number of anilines is 1. The summed E-state index contributed by atoms with van der Waals surface area (Å²) in [5.41, 5.74) is 8.95. The van der Waals surface area contributed by atoms with Crippen LogP contribution in [0.1, 0.15) is 5.56 Å². The van der Waals surface area contributed by atoms with Gasteiger partial charge in [-0.2, -0.15) is 0 Å². The molecule has 1 N–H and O–H groups in total. The normalized spacial score (nSPS) is 16.0. The van der Waals surface area contributed by atoms with Gasteiger partial charge in [0.15, 0.2) is 0 Å². The molecule has 0 spiro atoms. The molecule has 4 nitrogen and oxygen atoms in total. The minimum atomic E-state index is -0.0396. The van der Waals surface area contributed by atoms with E-state index in [-0.39, 0.29) is 6.04 Å². The number of furan rings is 2. The zero-order valence-corrected chi connectivity index (χ0v) is 23.6. The van der Waals surface area contributed by atoms with Crippen LogP contribution in [0.3, 0.4) is 0 Å². The third-order valence-electron chi connectivity index (χ3n) is 8.71. The van der Waals surface area contributed by atoms with E-state index in [9.17, 15) is 0 Å². The second-order valence-electron chi connectivity index (χ2n) is 11.2. The molecule has 2 aliphatic rings. The first-order valence-electron chi connectivity index (χ1n) is 14.4. The molecule has 0 amide bonds. The summed E-state index contributed by atoms with van der Waals surface area (Å²) in [6.07, 6.45) is 6.61. The lowest BCUT2D eigenvalue weighted by Gasteiger charge is -2.23. The molecule has 1 aliphatic heterocycles. The summed E-state index contributed by atoms with van der Waals surface area (Å²) in [7, 11) is 0. The molecule has 1 unspecified atom stereocenters. The molecule has 0 fully saturated rings. The van der Waals surface area contributed by atoms with E-state index in [1.807, 2.05) is 29.5 Å². The largest absolute Gasteiger partial charge is 0.455 e. The van der Waals surface area contributed by atoms with Crippen LogP contribution in [0, 0.1) is 0 Å². The maximum Gasteiger partial charge on any atom is 0.220 e. The highest BCUT2D eigenvalue weighted by Crippen LogP contribution is 2.45. The maximum absolute atomic E-state index is 6.34. The van der Waals surface area contributed by atoms with Crippen molar-refractivity contribution in [1.29, 1.82) is 0 Å². The number of allylic oxidation sites excluding steroid dienone is 2. The quantitative estimate of drug-likeness (QED) is 0.225. The van der Waals surface area contributed by atoms with Gasteiger partial charge in [0.05, 0.1) is 11.8 Å². The van der Waals surface area contributed by atoms with Crippen LogP contribution in [-0.2, 0) is 0 Å².